The van der Waals surface area contributed by atoms with E-state index in [0.29, 0.717) is 0 Å². The predicted molar refractivity (Wildman–Crippen MR) is 79.0 cm³/mol. The van der Waals surface area contributed by atoms with Crippen molar-refractivity contribution in [3.63, 3.8) is 0 Å². The summed E-state index contributed by atoms with van der Waals surface area (Å²) in [5, 5.41) is 32.5. The number of ether oxygens (including phenoxy) is 1. The molecule has 3 N–H and O–H groups in total. The fourth-order valence-corrected chi connectivity index (χ4v) is 2.94. The number of nitrogens with zero attached hydrogens (tertiary/aromatic N) is 3. The summed E-state index contributed by atoms with van der Waals surface area (Å²) in [6, 6.07) is -1.05. The van der Waals surface area contributed by atoms with E-state index < -0.39 is 45.6 Å². The van der Waals surface area contributed by atoms with Crippen molar-refractivity contribution in [3.05, 3.63) is 10.4 Å². The molecule has 0 bridgehead atoms. The van der Waals surface area contributed by atoms with E-state index in [-0.39, 0.29) is 5.04 Å². The van der Waals surface area contributed by atoms with Crippen molar-refractivity contribution in [1.82, 2.24) is 0 Å². The zero-order chi connectivity index (χ0) is 16.4. The largest absolute Gasteiger partial charge is 0.394 e. The number of aliphatic hydroxyl groups excluding tert-OH is 3. The van der Waals surface area contributed by atoms with Crippen LogP contribution in [0.4, 0.5) is 0 Å². The minimum Gasteiger partial charge on any atom is -0.394 e. The SMILES string of the molecule is CC(C)(C)[Si](C)(C)O[C@@H]1OC(CO)[C@@H](O)C(O)C1N=[N+]=[N-]. The first-order valence-electron chi connectivity index (χ1n) is 6.89. The summed E-state index contributed by atoms with van der Waals surface area (Å²) < 4.78 is 11.5. The summed E-state index contributed by atoms with van der Waals surface area (Å²) in [5.74, 6) is 0. The molecule has 3 unspecified atom stereocenters. The predicted octanol–water partition coefficient (Wildman–Crippen LogP) is 1.13. The highest BCUT2D eigenvalue weighted by Gasteiger charge is 2.48. The standard InChI is InChI=1S/C12H25N3O5Si/c1-12(2,3)21(4,5)20-11-8(14-15-13)10(18)9(17)7(6-16)19-11/h7-11,16-18H,6H2,1-5H3/t7?,8?,9-,10?,11+/m1/s1. The highest BCUT2D eigenvalue weighted by atomic mass is 28.4. The van der Waals surface area contributed by atoms with Gasteiger partial charge in [-0.1, -0.05) is 25.9 Å². The summed E-state index contributed by atoms with van der Waals surface area (Å²) in [4.78, 5) is 2.68. The molecule has 9 heteroatoms. The third kappa shape index (κ3) is 3.95. The monoisotopic (exact) mass is 319 g/mol. The molecule has 0 aliphatic carbocycles. The lowest BCUT2D eigenvalue weighted by Gasteiger charge is -2.45. The van der Waals surface area contributed by atoms with Crippen molar-refractivity contribution >= 4 is 8.32 Å². The second kappa shape index (κ2) is 6.61. The van der Waals surface area contributed by atoms with Gasteiger partial charge in [0.1, 0.15) is 18.2 Å². The van der Waals surface area contributed by atoms with E-state index in [1.165, 1.54) is 0 Å². The van der Waals surface area contributed by atoms with Crippen LogP contribution in [0, 0.1) is 0 Å². The Morgan fingerprint density at radius 2 is 1.86 bits per heavy atom. The van der Waals surface area contributed by atoms with E-state index in [4.69, 9.17) is 14.7 Å². The molecule has 1 aliphatic heterocycles. The molecule has 0 spiro atoms. The summed E-state index contributed by atoms with van der Waals surface area (Å²) in [6.07, 6.45) is -4.64. The van der Waals surface area contributed by atoms with Gasteiger partial charge in [-0.15, -0.1) is 0 Å². The van der Waals surface area contributed by atoms with Crippen LogP contribution >= 0.6 is 0 Å². The minimum atomic E-state index is -2.24. The number of hydrogen-bond acceptors (Lipinski definition) is 6. The van der Waals surface area contributed by atoms with Crippen LogP contribution < -0.4 is 0 Å². The Morgan fingerprint density at radius 1 is 1.29 bits per heavy atom. The molecule has 0 aromatic carbocycles. The first-order valence-corrected chi connectivity index (χ1v) is 9.80. The van der Waals surface area contributed by atoms with Crippen LogP contribution in [-0.4, -0.2) is 60.9 Å². The van der Waals surface area contributed by atoms with Gasteiger partial charge in [0.25, 0.3) is 0 Å². The molecule has 5 atom stereocenters. The van der Waals surface area contributed by atoms with Crippen LogP contribution in [-0.2, 0) is 9.16 Å². The Morgan fingerprint density at radius 3 is 2.29 bits per heavy atom. The molecule has 0 aromatic heterocycles. The van der Waals surface area contributed by atoms with Gasteiger partial charge in [0, 0.05) is 4.91 Å². The fraction of sp³-hybridized carbons (Fsp3) is 1.00. The first-order chi connectivity index (χ1) is 9.55. The lowest BCUT2D eigenvalue weighted by atomic mass is 9.98. The number of azide groups is 1. The molecule has 1 saturated heterocycles. The lowest BCUT2D eigenvalue weighted by molar-refractivity contribution is -0.242. The summed E-state index contributed by atoms with van der Waals surface area (Å²) >= 11 is 0. The average Bonchev–Trinajstić information content (AvgIpc) is 2.36. The third-order valence-electron chi connectivity index (χ3n) is 4.25. The van der Waals surface area contributed by atoms with Crippen molar-refractivity contribution in [2.75, 3.05) is 6.61 Å². The average molecular weight is 319 g/mol. The van der Waals surface area contributed by atoms with Crippen LogP contribution in [0.3, 0.4) is 0 Å². The maximum absolute atomic E-state index is 10.1. The second-order valence-corrected chi connectivity index (χ2v) is 11.5. The minimum absolute atomic E-state index is 0.104. The number of rotatable bonds is 4. The van der Waals surface area contributed by atoms with Gasteiger partial charge in [-0.05, 0) is 23.7 Å². The van der Waals surface area contributed by atoms with Gasteiger partial charge >= 0.3 is 0 Å². The molecule has 0 radical (unpaired) electrons. The van der Waals surface area contributed by atoms with E-state index in [1.54, 1.807) is 0 Å². The Bertz CT molecular complexity index is 408. The van der Waals surface area contributed by atoms with E-state index in [9.17, 15) is 15.3 Å². The van der Waals surface area contributed by atoms with Gasteiger partial charge in [-0.2, -0.15) is 0 Å². The molecule has 0 amide bonds. The molecule has 1 fully saturated rings. The maximum atomic E-state index is 10.1. The van der Waals surface area contributed by atoms with Gasteiger partial charge in [-0.3, -0.25) is 0 Å². The zero-order valence-corrected chi connectivity index (χ0v) is 14.1. The van der Waals surface area contributed by atoms with Crippen LogP contribution in [0.2, 0.25) is 18.1 Å². The topological polar surface area (TPSA) is 128 Å². The molecule has 0 aromatic rings. The Kier molecular flexibility index (Phi) is 5.79. The summed E-state index contributed by atoms with van der Waals surface area (Å²) in [7, 11) is -2.24. The number of aliphatic hydroxyl groups is 3. The molecular formula is C12H25N3O5Si. The fourth-order valence-electron chi connectivity index (χ4n) is 1.81. The van der Waals surface area contributed by atoms with Gasteiger partial charge in [0.2, 0.25) is 0 Å². The lowest BCUT2D eigenvalue weighted by Crippen LogP contribution is -2.61. The first kappa shape index (κ1) is 18.4. The summed E-state index contributed by atoms with van der Waals surface area (Å²) in [5.41, 5.74) is 8.64. The van der Waals surface area contributed by atoms with Crippen molar-refractivity contribution in [2.45, 2.75) is 69.5 Å². The molecule has 8 nitrogen and oxygen atoms in total. The van der Waals surface area contributed by atoms with Crippen LogP contribution in [0.1, 0.15) is 20.8 Å². The molecule has 1 aliphatic rings. The highest BCUT2D eigenvalue weighted by molar-refractivity contribution is 6.74. The van der Waals surface area contributed by atoms with Crippen molar-refractivity contribution in [2.24, 2.45) is 5.11 Å². The molecule has 0 saturated carbocycles. The van der Waals surface area contributed by atoms with Gasteiger partial charge < -0.3 is 24.5 Å². The van der Waals surface area contributed by atoms with E-state index >= 15 is 0 Å². The van der Waals surface area contributed by atoms with Crippen molar-refractivity contribution in [3.8, 4) is 0 Å². The third-order valence-corrected chi connectivity index (χ3v) is 8.68. The zero-order valence-electron chi connectivity index (χ0n) is 13.1. The van der Waals surface area contributed by atoms with Crippen molar-refractivity contribution < 1.29 is 24.5 Å². The molecule has 1 heterocycles. The van der Waals surface area contributed by atoms with E-state index in [0.717, 1.165) is 0 Å². The van der Waals surface area contributed by atoms with E-state index in [2.05, 4.69) is 10.0 Å². The van der Waals surface area contributed by atoms with Crippen molar-refractivity contribution in [1.29, 1.82) is 0 Å². The normalized spacial score (nSPS) is 34.4. The molecule has 1 rings (SSSR count). The van der Waals surface area contributed by atoms with Gasteiger partial charge in [0.15, 0.2) is 14.6 Å². The Hall–Kier alpha value is -0.673. The van der Waals surface area contributed by atoms with Gasteiger partial charge in [0.05, 0.1) is 12.7 Å². The second-order valence-electron chi connectivity index (χ2n) is 6.78. The quantitative estimate of drug-likeness (QED) is 0.310. The Labute approximate surface area is 125 Å². The maximum Gasteiger partial charge on any atom is 0.195 e. The Balaban J connectivity index is 3.03. The number of hydrogen-bond donors (Lipinski definition) is 3. The smallest absolute Gasteiger partial charge is 0.195 e. The highest BCUT2D eigenvalue weighted by Crippen LogP contribution is 2.39. The molecular weight excluding hydrogens is 294 g/mol. The van der Waals surface area contributed by atoms with Crippen LogP contribution in [0.5, 0.6) is 0 Å². The van der Waals surface area contributed by atoms with Crippen LogP contribution in [0.25, 0.3) is 10.4 Å². The molecule has 122 valence electrons. The van der Waals surface area contributed by atoms with Crippen LogP contribution in [0.15, 0.2) is 5.11 Å². The van der Waals surface area contributed by atoms with E-state index in [1.807, 2.05) is 33.9 Å². The summed E-state index contributed by atoms with van der Waals surface area (Å²) in [6.45, 7) is 9.65. The van der Waals surface area contributed by atoms with Gasteiger partial charge in [-0.25, -0.2) is 0 Å². The molecule has 21 heavy (non-hydrogen) atoms.